The van der Waals surface area contributed by atoms with Crippen molar-refractivity contribution < 1.29 is 23.5 Å². The largest absolute Gasteiger partial charge is 0.478 e. The summed E-state index contributed by atoms with van der Waals surface area (Å²) in [6, 6.07) is 10.8. The van der Waals surface area contributed by atoms with E-state index in [4.69, 9.17) is 16.0 Å². The average molecular weight is 417 g/mol. The molecule has 2 aromatic heterocycles. The number of amides is 1. The van der Waals surface area contributed by atoms with E-state index in [1.54, 1.807) is 24.3 Å². The Balaban J connectivity index is 1.69. The summed E-state index contributed by atoms with van der Waals surface area (Å²) in [5.41, 5.74) is 0.725. The van der Waals surface area contributed by atoms with Gasteiger partial charge in [-0.1, -0.05) is 29.8 Å². The molecule has 28 heavy (non-hydrogen) atoms. The Hall–Kier alpha value is -3.23. The van der Waals surface area contributed by atoms with Gasteiger partial charge in [-0.3, -0.25) is 4.79 Å². The summed E-state index contributed by atoms with van der Waals surface area (Å²) in [7, 11) is 0. The quantitative estimate of drug-likeness (QED) is 0.471. The standard InChI is InChI=1S/C19H10ClFN2O4S/c20-10-6-4-9(5-7-10)16-14(19(25)26)13(8-28-16)22-17(24)18-23-12-3-1-2-11(21)15(12)27-18/h1-8H,(H,22,24)(H,25,26). The van der Waals surface area contributed by atoms with Gasteiger partial charge in [-0.2, -0.15) is 0 Å². The summed E-state index contributed by atoms with van der Waals surface area (Å²) in [4.78, 5) is 28.7. The first-order valence-corrected chi connectivity index (χ1v) is 9.17. The van der Waals surface area contributed by atoms with Crippen molar-refractivity contribution in [1.82, 2.24) is 4.98 Å². The van der Waals surface area contributed by atoms with Crippen LogP contribution in [-0.4, -0.2) is 22.0 Å². The third kappa shape index (κ3) is 3.23. The molecule has 0 bridgehead atoms. The van der Waals surface area contributed by atoms with Crippen molar-refractivity contribution in [2.45, 2.75) is 0 Å². The maximum atomic E-state index is 13.7. The number of carboxylic acid groups (broad SMARTS) is 1. The molecule has 0 saturated heterocycles. The van der Waals surface area contributed by atoms with Crippen LogP contribution in [-0.2, 0) is 0 Å². The Morgan fingerprint density at radius 1 is 1.18 bits per heavy atom. The van der Waals surface area contributed by atoms with Crippen LogP contribution in [0, 0.1) is 5.82 Å². The molecule has 4 rings (SSSR count). The highest BCUT2D eigenvalue weighted by atomic mass is 35.5. The number of carboxylic acids is 1. The third-order valence-electron chi connectivity index (χ3n) is 3.92. The van der Waals surface area contributed by atoms with Crippen LogP contribution in [0.1, 0.15) is 21.0 Å². The first-order valence-electron chi connectivity index (χ1n) is 7.91. The summed E-state index contributed by atoms with van der Waals surface area (Å²) in [6.07, 6.45) is 0. The number of rotatable bonds is 4. The minimum atomic E-state index is -1.20. The van der Waals surface area contributed by atoms with Gasteiger partial charge in [-0.15, -0.1) is 11.3 Å². The van der Waals surface area contributed by atoms with Crippen molar-refractivity contribution in [2.24, 2.45) is 0 Å². The number of halogens is 2. The molecule has 0 fully saturated rings. The van der Waals surface area contributed by atoms with Gasteiger partial charge >= 0.3 is 11.9 Å². The molecule has 0 aliphatic heterocycles. The van der Waals surface area contributed by atoms with E-state index in [1.807, 2.05) is 0 Å². The predicted octanol–water partition coefficient (Wildman–Crippen LogP) is 5.30. The fourth-order valence-corrected chi connectivity index (χ4v) is 3.79. The molecular weight excluding hydrogens is 407 g/mol. The minimum Gasteiger partial charge on any atom is -0.478 e. The van der Waals surface area contributed by atoms with Crippen molar-refractivity contribution in [2.75, 3.05) is 5.32 Å². The van der Waals surface area contributed by atoms with E-state index in [0.29, 0.717) is 15.5 Å². The number of thiophene rings is 1. The number of aromatic nitrogens is 1. The number of aromatic carboxylic acids is 1. The van der Waals surface area contributed by atoms with E-state index in [-0.39, 0.29) is 28.2 Å². The Bertz CT molecular complexity index is 1220. The lowest BCUT2D eigenvalue weighted by Gasteiger charge is -2.04. The SMILES string of the molecule is O=C(Nc1csc(-c2ccc(Cl)cc2)c1C(=O)O)c1nc2cccc(F)c2o1. The normalized spacial score (nSPS) is 10.9. The molecule has 1 amide bonds. The Labute approximate surface area is 166 Å². The van der Waals surface area contributed by atoms with E-state index in [1.165, 1.54) is 23.6 Å². The summed E-state index contributed by atoms with van der Waals surface area (Å²) < 4.78 is 18.9. The van der Waals surface area contributed by atoms with Crippen LogP contribution >= 0.6 is 22.9 Å². The summed E-state index contributed by atoms with van der Waals surface area (Å²) in [5, 5.41) is 14.1. The van der Waals surface area contributed by atoms with E-state index in [9.17, 15) is 19.1 Å². The lowest BCUT2D eigenvalue weighted by molar-refractivity contribution is 0.0699. The summed E-state index contributed by atoms with van der Waals surface area (Å²) in [5.74, 6) is -2.99. The monoisotopic (exact) mass is 416 g/mol. The first-order chi connectivity index (χ1) is 13.4. The molecule has 0 atom stereocenters. The van der Waals surface area contributed by atoms with Crippen LogP contribution in [0.3, 0.4) is 0 Å². The van der Waals surface area contributed by atoms with Gasteiger partial charge in [0, 0.05) is 10.4 Å². The first kappa shape index (κ1) is 18.1. The van der Waals surface area contributed by atoms with Crippen molar-refractivity contribution >= 4 is 51.6 Å². The molecular formula is C19H10ClFN2O4S. The van der Waals surface area contributed by atoms with Crippen LogP contribution in [0.15, 0.2) is 52.3 Å². The second-order valence-electron chi connectivity index (χ2n) is 5.73. The summed E-state index contributed by atoms with van der Waals surface area (Å²) in [6.45, 7) is 0. The van der Waals surface area contributed by atoms with Gasteiger partial charge in [0.1, 0.15) is 11.1 Å². The number of carbonyl (C=O) groups is 2. The van der Waals surface area contributed by atoms with Crippen LogP contribution in [0.2, 0.25) is 5.02 Å². The molecule has 0 aliphatic rings. The molecule has 0 spiro atoms. The number of hydrogen-bond acceptors (Lipinski definition) is 5. The highest BCUT2D eigenvalue weighted by Gasteiger charge is 2.23. The lowest BCUT2D eigenvalue weighted by Crippen LogP contribution is -2.14. The Morgan fingerprint density at radius 2 is 1.93 bits per heavy atom. The topological polar surface area (TPSA) is 92.4 Å². The highest BCUT2D eigenvalue weighted by Crippen LogP contribution is 2.36. The molecule has 0 saturated carbocycles. The zero-order valence-corrected chi connectivity index (χ0v) is 15.5. The minimum absolute atomic E-state index is 0.0667. The third-order valence-corrected chi connectivity index (χ3v) is 5.20. The second kappa shape index (κ2) is 7.06. The molecule has 2 N–H and O–H groups in total. The van der Waals surface area contributed by atoms with Crippen LogP contribution in [0.25, 0.3) is 21.5 Å². The van der Waals surface area contributed by atoms with Gasteiger partial charge < -0.3 is 14.8 Å². The number of nitrogens with zero attached hydrogens (tertiary/aromatic N) is 1. The van der Waals surface area contributed by atoms with Gasteiger partial charge in [0.15, 0.2) is 11.4 Å². The number of oxazole rings is 1. The summed E-state index contributed by atoms with van der Waals surface area (Å²) >= 11 is 7.03. The van der Waals surface area contributed by atoms with E-state index in [2.05, 4.69) is 10.3 Å². The molecule has 4 aromatic rings. The van der Waals surface area contributed by atoms with Crippen molar-refractivity contribution in [3.05, 3.63) is 70.1 Å². The maximum Gasteiger partial charge on any atom is 0.339 e. The van der Waals surface area contributed by atoms with Gasteiger partial charge in [0.2, 0.25) is 0 Å². The zero-order valence-electron chi connectivity index (χ0n) is 13.9. The Morgan fingerprint density at radius 3 is 2.61 bits per heavy atom. The van der Waals surface area contributed by atoms with Gasteiger partial charge in [0.25, 0.3) is 5.89 Å². The van der Waals surface area contributed by atoms with Crippen molar-refractivity contribution in [3.8, 4) is 10.4 Å². The maximum absolute atomic E-state index is 13.7. The number of hydrogen-bond donors (Lipinski definition) is 2. The molecule has 2 aromatic carbocycles. The second-order valence-corrected chi connectivity index (χ2v) is 7.04. The molecule has 140 valence electrons. The predicted molar refractivity (Wildman–Crippen MR) is 104 cm³/mol. The van der Waals surface area contributed by atoms with E-state index >= 15 is 0 Å². The fourth-order valence-electron chi connectivity index (χ4n) is 2.66. The highest BCUT2D eigenvalue weighted by molar-refractivity contribution is 7.14. The molecule has 6 nitrogen and oxygen atoms in total. The number of carbonyl (C=O) groups excluding carboxylic acids is 1. The molecule has 2 heterocycles. The van der Waals surface area contributed by atoms with Crippen LogP contribution in [0.4, 0.5) is 10.1 Å². The molecule has 9 heteroatoms. The van der Waals surface area contributed by atoms with Crippen molar-refractivity contribution in [1.29, 1.82) is 0 Å². The smallest absolute Gasteiger partial charge is 0.339 e. The zero-order chi connectivity index (χ0) is 19.8. The number of fused-ring (bicyclic) bond motifs is 1. The lowest BCUT2D eigenvalue weighted by atomic mass is 10.1. The van der Waals surface area contributed by atoms with E-state index < -0.39 is 17.7 Å². The average Bonchev–Trinajstić information content (AvgIpc) is 3.27. The van der Waals surface area contributed by atoms with Gasteiger partial charge in [0.05, 0.1) is 10.6 Å². The number of benzene rings is 2. The molecule has 0 aliphatic carbocycles. The number of nitrogens with one attached hydrogen (secondary N) is 1. The number of anilines is 1. The Kier molecular flexibility index (Phi) is 4.58. The fraction of sp³-hybridized carbons (Fsp3) is 0. The van der Waals surface area contributed by atoms with Crippen LogP contribution in [0.5, 0.6) is 0 Å². The van der Waals surface area contributed by atoms with Gasteiger partial charge in [-0.05, 0) is 29.8 Å². The number of para-hydroxylation sites is 1. The van der Waals surface area contributed by atoms with Gasteiger partial charge in [-0.25, -0.2) is 14.2 Å². The molecule has 0 radical (unpaired) electrons. The van der Waals surface area contributed by atoms with Crippen molar-refractivity contribution in [3.63, 3.8) is 0 Å². The van der Waals surface area contributed by atoms with Crippen LogP contribution < -0.4 is 5.32 Å². The molecule has 0 unspecified atom stereocenters. The van der Waals surface area contributed by atoms with E-state index in [0.717, 1.165) is 11.3 Å².